The van der Waals surface area contributed by atoms with E-state index in [-0.39, 0.29) is 5.75 Å². The van der Waals surface area contributed by atoms with Crippen molar-refractivity contribution < 1.29 is 5.11 Å². The van der Waals surface area contributed by atoms with E-state index in [1.165, 1.54) is 0 Å². The number of phenols is 1. The molecule has 0 bridgehead atoms. The summed E-state index contributed by atoms with van der Waals surface area (Å²) >= 11 is 0. The van der Waals surface area contributed by atoms with Gasteiger partial charge in [-0.3, -0.25) is 0 Å². The van der Waals surface area contributed by atoms with Crippen molar-refractivity contribution in [2.24, 2.45) is 0 Å². The molecule has 0 fully saturated rings. The number of nitrogens with zero attached hydrogens (tertiary/aromatic N) is 1. The van der Waals surface area contributed by atoms with E-state index in [9.17, 15) is 5.11 Å². The van der Waals surface area contributed by atoms with Crippen LogP contribution in [-0.4, -0.2) is 5.11 Å². The average molecular weight is 209 g/mol. The fourth-order valence-electron chi connectivity index (χ4n) is 1.73. The molecule has 0 aliphatic rings. The van der Waals surface area contributed by atoms with Crippen molar-refractivity contribution in [1.82, 2.24) is 0 Å². The smallest absolute Gasteiger partial charge is 0.115 e. The molecule has 0 aromatic heterocycles. The van der Waals surface area contributed by atoms with Gasteiger partial charge < -0.3 is 5.11 Å². The van der Waals surface area contributed by atoms with Crippen molar-refractivity contribution in [3.8, 4) is 22.9 Å². The zero-order valence-corrected chi connectivity index (χ0v) is 8.94. The predicted octanol–water partition coefficient (Wildman–Crippen LogP) is 3.24. The Labute approximate surface area is 94.4 Å². The van der Waals surface area contributed by atoms with Gasteiger partial charge in [0.1, 0.15) is 5.75 Å². The molecule has 0 aliphatic heterocycles. The van der Waals surface area contributed by atoms with Gasteiger partial charge >= 0.3 is 0 Å². The number of phenolic OH excluding ortho intramolecular Hbond substituents is 1. The molecule has 0 atom stereocenters. The van der Waals surface area contributed by atoms with Crippen LogP contribution in [0.3, 0.4) is 0 Å². The molecule has 0 saturated heterocycles. The second kappa shape index (κ2) is 4.08. The first-order valence-electron chi connectivity index (χ1n) is 5.01. The Morgan fingerprint density at radius 1 is 1.12 bits per heavy atom. The standard InChI is InChI=1S/C14H11NO/c1-10-7-13(16)5-6-14(10)12-4-2-3-11(8-12)9-15/h2-8,16H,1H3. The molecule has 2 rings (SSSR count). The molecular formula is C14H11NO. The Morgan fingerprint density at radius 2 is 1.94 bits per heavy atom. The highest BCUT2D eigenvalue weighted by molar-refractivity contribution is 5.69. The molecule has 1 N–H and O–H groups in total. The van der Waals surface area contributed by atoms with Gasteiger partial charge in [0.05, 0.1) is 11.6 Å². The lowest BCUT2D eigenvalue weighted by Gasteiger charge is -2.06. The Balaban J connectivity index is 2.55. The number of aromatic hydroxyl groups is 1. The van der Waals surface area contributed by atoms with E-state index in [0.717, 1.165) is 16.7 Å². The molecular weight excluding hydrogens is 198 g/mol. The van der Waals surface area contributed by atoms with Crippen LogP contribution in [0.2, 0.25) is 0 Å². The maximum atomic E-state index is 9.33. The van der Waals surface area contributed by atoms with Gasteiger partial charge in [-0.1, -0.05) is 18.2 Å². The summed E-state index contributed by atoms with van der Waals surface area (Å²) in [4.78, 5) is 0. The minimum atomic E-state index is 0.262. The zero-order chi connectivity index (χ0) is 11.5. The molecule has 2 aromatic rings. The first kappa shape index (κ1) is 10.3. The summed E-state index contributed by atoms with van der Waals surface area (Å²) in [6.45, 7) is 1.94. The first-order valence-corrected chi connectivity index (χ1v) is 5.01. The molecule has 0 spiro atoms. The quantitative estimate of drug-likeness (QED) is 0.783. The fraction of sp³-hybridized carbons (Fsp3) is 0.0714. The highest BCUT2D eigenvalue weighted by Crippen LogP contribution is 2.26. The second-order valence-corrected chi connectivity index (χ2v) is 3.69. The number of benzene rings is 2. The van der Waals surface area contributed by atoms with Crippen LogP contribution in [0.15, 0.2) is 42.5 Å². The summed E-state index contributed by atoms with van der Waals surface area (Å²) < 4.78 is 0. The third-order valence-corrected chi connectivity index (χ3v) is 2.51. The van der Waals surface area contributed by atoms with Crippen LogP contribution in [0, 0.1) is 18.3 Å². The lowest BCUT2D eigenvalue weighted by molar-refractivity contribution is 0.475. The van der Waals surface area contributed by atoms with Crippen LogP contribution in [0.5, 0.6) is 5.75 Å². The van der Waals surface area contributed by atoms with Crippen LogP contribution >= 0.6 is 0 Å². The zero-order valence-electron chi connectivity index (χ0n) is 8.94. The minimum Gasteiger partial charge on any atom is -0.508 e. The van der Waals surface area contributed by atoms with Gasteiger partial charge in [-0.25, -0.2) is 0 Å². The maximum Gasteiger partial charge on any atom is 0.115 e. The first-order chi connectivity index (χ1) is 7.70. The van der Waals surface area contributed by atoms with E-state index in [4.69, 9.17) is 5.26 Å². The van der Waals surface area contributed by atoms with Gasteiger partial charge in [-0.2, -0.15) is 5.26 Å². The van der Waals surface area contributed by atoms with Crippen LogP contribution in [0.4, 0.5) is 0 Å². The van der Waals surface area contributed by atoms with Crippen LogP contribution in [-0.2, 0) is 0 Å². The predicted molar refractivity (Wildman–Crippen MR) is 63.0 cm³/mol. The van der Waals surface area contributed by atoms with E-state index in [1.807, 2.05) is 31.2 Å². The molecule has 2 aromatic carbocycles. The van der Waals surface area contributed by atoms with Gasteiger partial charge in [0, 0.05) is 0 Å². The van der Waals surface area contributed by atoms with Gasteiger partial charge in [-0.15, -0.1) is 0 Å². The number of aryl methyl sites for hydroxylation is 1. The van der Waals surface area contributed by atoms with Crippen molar-refractivity contribution >= 4 is 0 Å². The average Bonchev–Trinajstić information content (AvgIpc) is 2.29. The van der Waals surface area contributed by atoms with Crippen molar-refractivity contribution in [2.45, 2.75) is 6.92 Å². The van der Waals surface area contributed by atoms with E-state index >= 15 is 0 Å². The Bertz CT molecular complexity index is 567. The van der Waals surface area contributed by atoms with Crippen molar-refractivity contribution in [3.05, 3.63) is 53.6 Å². The monoisotopic (exact) mass is 209 g/mol. The molecule has 2 nitrogen and oxygen atoms in total. The van der Waals surface area contributed by atoms with Crippen molar-refractivity contribution in [1.29, 1.82) is 5.26 Å². The highest BCUT2D eigenvalue weighted by Gasteiger charge is 2.03. The fourth-order valence-corrected chi connectivity index (χ4v) is 1.73. The normalized spacial score (nSPS) is 9.75. The molecule has 0 saturated carbocycles. The largest absolute Gasteiger partial charge is 0.508 e. The number of nitriles is 1. The van der Waals surface area contributed by atoms with Gasteiger partial charge in [0.2, 0.25) is 0 Å². The van der Waals surface area contributed by atoms with Crippen molar-refractivity contribution in [3.63, 3.8) is 0 Å². The molecule has 16 heavy (non-hydrogen) atoms. The number of hydrogen-bond donors (Lipinski definition) is 1. The van der Waals surface area contributed by atoms with Crippen LogP contribution in [0.1, 0.15) is 11.1 Å². The van der Waals surface area contributed by atoms with Gasteiger partial charge in [0.15, 0.2) is 0 Å². The molecule has 2 heteroatoms. The highest BCUT2D eigenvalue weighted by atomic mass is 16.3. The molecule has 0 radical (unpaired) electrons. The van der Waals surface area contributed by atoms with E-state index in [1.54, 1.807) is 18.2 Å². The summed E-state index contributed by atoms with van der Waals surface area (Å²) in [5.74, 6) is 0.262. The summed E-state index contributed by atoms with van der Waals surface area (Å²) in [6.07, 6.45) is 0. The summed E-state index contributed by atoms with van der Waals surface area (Å²) in [7, 11) is 0. The van der Waals surface area contributed by atoms with Gasteiger partial charge in [-0.05, 0) is 47.9 Å². The Kier molecular flexibility index (Phi) is 2.61. The summed E-state index contributed by atoms with van der Waals surface area (Å²) in [6, 6.07) is 14.8. The molecule has 0 heterocycles. The SMILES string of the molecule is Cc1cc(O)ccc1-c1cccc(C#N)c1. The summed E-state index contributed by atoms with van der Waals surface area (Å²) in [5.41, 5.74) is 3.67. The lowest BCUT2D eigenvalue weighted by atomic mass is 9.99. The number of rotatable bonds is 1. The molecule has 0 aliphatic carbocycles. The van der Waals surface area contributed by atoms with Crippen molar-refractivity contribution in [2.75, 3.05) is 0 Å². The summed E-state index contributed by atoms with van der Waals surface area (Å²) in [5, 5.41) is 18.2. The Morgan fingerprint density at radius 3 is 2.62 bits per heavy atom. The third kappa shape index (κ3) is 1.89. The number of hydrogen-bond acceptors (Lipinski definition) is 2. The molecule has 0 amide bonds. The topological polar surface area (TPSA) is 44.0 Å². The lowest BCUT2D eigenvalue weighted by Crippen LogP contribution is -1.84. The van der Waals surface area contributed by atoms with Crippen LogP contribution < -0.4 is 0 Å². The third-order valence-electron chi connectivity index (χ3n) is 2.51. The second-order valence-electron chi connectivity index (χ2n) is 3.69. The maximum absolute atomic E-state index is 9.33. The van der Waals surface area contributed by atoms with Gasteiger partial charge in [0.25, 0.3) is 0 Å². The van der Waals surface area contributed by atoms with E-state index < -0.39 is 0 Å². The minimum absolute atomic E-state index is 0.262. The Hall–Kier alpha value is -2.27. The van der Waals surface area contributed by atoms with E-state index in [0.29, 0.717) is 5.56 Å². The molecule has 78 valence electrons. The molecule has 0 unspecified atom stereocenters. The van der Waals surface area contributed by atoms with E-state index in [2.05, 4.69) is 6.07 Å². The van der Waals surface area contributed by atoms with Crippen LogP contribution in [0.25, 0.3) is 11.1 Å².